The summed E-state index contributed by atoms with van der Waals surface area (Å²) in [6.07, 6.45) is -2.36. The Bertz CT molecular complexity index is 490. The van der Waals surface area contributed by atoms with E-state index in [0.717, 1.165) is 12.8 Å². The van der Waals surface area contributed by atoms with Crippen molar-refractivity contribution < 1.29 is 22.4 Å². The van der Waals surface area contributed by atoms with E-state index in [2.05, 4.69) is 0 Å². The SMILES string of the molecule is CN(CCCCCCl)C(=O)c1cc(C(F)(F)F)ccc1F. The first kappa shape index (κ1) is 17.8. The van der Waals surface area contributed by atoms with Crippen LogP contribution in [0.4, 0.5) is 17.6 Å². The van der Waals surface area contributed by atoms with Crippen molar-refractivity contribution in [3.8, 4) is 0 Å². The first-order valence-corrected chi connectivity index (χ1v) is 6.99. The molecule has 0 N–H and O–H groups in total. The van der Waals surface area contributed by atoms with E-state index in [1.807, 2.05) is 0 Å². The summed E-state index contributed by atoms with van der Waals surface area (Å²) in [7, 11) is 1.43. The van der Waals surface area contributed by atoms with Gasteiger partial charge in [-0.3, -0.25) is 4.79 Å². The van der Waals surface area contributed by atoms with E-state index in [4.69, 9.17) is 11.6 Å². The molecule has 0 aliphatic heterocycles. The fourth-order valence-corrected chi connectivity index (χ4v) is 1.98. The number of alkyl halides is 4. The van der Waals surface area contributed by atoms with Crippen LogP contribution >= 0.6 is 11.6 Å². The largest absolute Gasteiger partial charge is 0.416 e. The number of carbonyl (C=O) groups excluding carboxylic acids is 1. The molecule has 7 heteroatoms. The molecule has 1 amide bonds. The normalized spacial score (nSPS) is 11.5. The molecule has 0 unspecified atom stereocenters. The van der Waals surface area contributed by atoms with Gasteiger partial charge in [0.2, 0.25) is 0 Å². The van der Waals surface area contributed by atoms with E-state index in [1.54, 1.807) is 0 Å². The van der Waals surface area contributed by atoms with Crippen molar-refractivity contribution in [3.63, 3.8) is 0 Å². The summed E-state index contributed by atoms with van der Waals surface area (Å²) in [4.78, 5) is 13.2. The molecule has 1 aromatic rings. The fourth-order valence-electron chi connectivity index (χ4n) is 1.79. The van der Waals surface area contributed by atoms with Crippen molar-refractivity contribution in [2.24, 2.45) is 0 Å². The highest BCUT2D eigenvalue weighted by Gasteiger charge is 2.32. The third-order valence-corrected chi connectivity index (χ3v) is 3.27. The number of hydrogen-bond donors (Lipinski definition) is 0. The Morgan fingerprint density at radius 2 is 1.90 bits per heavy atom. The minimum Gasteiger partial charge on any atom is -0.342 e. The smallest absolute Gasteiger partial charge is 0.342 e. The summed E-state index contributed by atoms with van der Waals surface area (Å²) in [5.41, 5.74) is -1.60. The highest BCUT2D eigenvalue weighted by molar-refractivity contribution is 6.17. The molecule has 0 radical (unpaired) electrons. The number of hydrogen-bond acceptors (Lipinski definition) is 1. The molecule has 2 nitrogen and oxygen atoms in total. The van der Waals surface area contributed by atoms with Gasteiger partial charge in [0.05, 0.1) is 11.1 Å². The Morgan fingerprint density at radius 3 is 2.48 bits per heavy atom. The van der Waals surface area contributed by atoms with E-state index in [0.29, 0.717) is 37.0 Å². The van der Waals surface area contributed by atoms with Gasteiger partial charge in [-0.2, -0.15) is 13.2 Å². The number of halogens is 5. The van der Waals surface area contributed by atoms with Crippen LogP contribution in [0.5, 0.6) is 0 Å². The average Bonchev–Trinajstić information content (AvgIpc) is 2.42. The highest BCUT2D eigenvalue weighted by atomic mass is 35.5. The molecule has 0 heterocycles. The van der Waals surface area contributed by atoms with E-state index in [-0.39, 0.29) is 0 Å². The standard InChI is InChI=1S/C14H16ClF4NO/c1-20(8-4-2-3-7-15)13(21)11-9-10(14(17,18)19)5-6-12(11)16/h5-6,9H,2-4,7-8H2,1H3. The molecule has 0 aliphatic carbocycles. The Morgan fingerprint density at radius 1 is 1.24 bits per heavy atom. The minimum atomic E-state index is -4.61. The second kappa shape index (κ2) is 7.64. The lowest BCUT2D eigenvalue weighted by Crippen LogP contribution is -2.29. The molecule has 0 bridgehead atoms. The molecular weight excluding hydrogens is 310 g/mol. The molecule has 0 aromatic heterocycles. The molecule has 0 fully saturated rings. The lowest BCUT2D eigenvalue weighted by Gasteiger charge is -2.18. The maximum Gasteiger partial charge on any atom is 0.416 e. The summed E-state index contributed by atoms with van der Waals surface area (Å²) in [5.74, 6) is -1.20. The summed E-state index contributed by atoms with van der Waals surface area (Å²) < 4.78 is 51.4. The predicted molar refractivity (Wildman–Crippen MR) is 72.9 cm³/mol. The highest BCUT2D eigenvalue weighted by Crippen LogP contribution is 2.30. The maximum atomic E-state index is 13.6. The lowest BCUT2D eigenvalue weighted by atomic mass is 10.1. The van der Waals surface area contributed by atoms with Gasteiger partial charge in [-0.1, -0.05) is 6.42 Å². The van der Waals surface area contributed by atoms with E-state index < -0.39 is 29.0 Å². The van der Waals surface area contributed by atoms with Crippen LogP contribution in [0.3, 0.4) is 0 Å². The number of unbranched alkanes of at least 4 members (excludes halogenated alkanes) is 2. The zero-order valence-corrected chi connectivity index (χ0v) is 12.3. The molecule has 1 rings (SSSR count). The van der Waals surface area contributed by atoms with Crippen LogP contribution in [-0.4, -0.2) is 30.3 Å². The summed E-state index contributed by atoms with van der Waals surface area (Å²) in [5, 5.41) is 0. The van der Waals surface area contributed by atoms with E-state index in [1.165, 1.54) is 11.9 Å². The quantitative estimate of drug-likeness (QED) is 0.433. The van der Waals surface area contributed by atoms with Gasteiger partial charge in [-0.05, 0) is 31.0 Å². The molecule has 1 aromatic carbocycles. The van der Waals surface area contributed by atoms with Gasteiger partial charge < -0.3 is 4.90 Å². The molecule has 0 spiro atoms. The van der Waals surface area contributed by atoms with Gasteiger partial charge in [-0.15, -0.1) is 11.6 Å². The number of carbonyl (C=O) groups is 1. The van der Waals surface area contributed by atoms with Crippen molar-refractivity contribution >= 4 is 17.5 Å². The zero-order valence-electron chi connectivity index (χ0n) is 11.5. The van der Waals surface area contributed by atoms with Crippen LogP contribution in [0.2, 0.25) is 0 Å². The average molecular weight is 326 g/mol. The first-order valence-electron chi connectivity index (χ1n) is 6.45. The van der Waals surface area contributed by atoms with Gasteiger partial charge in [0.1, 0.15) is 5.82 Å². The Labute approximate surface area is 125 Å². The van der Waals surface area contributed by atoms with Crippen LogP contribution in [-0.2, 0) is 6.18 Å². The Balaban J connectivity index is 2.81. The van der Waals surface area contributed by atoms with Crippen molar-refractivity contribution in [3.05, 3.63) is 35.1 Å². The maximum absolute atomic E-state index is 13.6. The fraction of sp³-hybridized carbons (Fsp3) is 0.500. The molecule has 0 aliphatic rings. The van der Waals surface area contributed by atoms with Crippen LogP contribution in [0, 0.1) is 5.82 Å². The Hall–Kier alpha value is -1.30. The van der Waals surface area contributed by atoms with Crippen molar-refractivity contribution in [2.45, 2.75) is 25.4 Å². The third kappa shape index (κ3) is 5.19. The lowest BCUT2D eigenvalue weighted by molar-refractivity contribution is -0.137. The van der Waals surface area contributed by atoms with Gasteiger partial charge in [-0.25, -0.2) is 4.39 Å². The van der Waals surface area contributed by atoms with Crippen LogP contribution < -0.4 is 0 Å². The molecule has 0 atom stereocenters. The van der Waals surface area contributed by atoms with Gasteiger partial charge in [0, 0.05) is 19.5 Å². The molecule has 0 saturated carbocycles. The second-order valence-corrected chi connectivity index (χ2v) is 5.05. The van der Waals surface area contributed by atoms with E-state index >= 15 is 0 Å². The van der Waals surface area contributed by atoms with Crippen LogP contribution in [0.15, 0.2) is 18.2 Å². The third-order valence-electron chi connectivity index (χ3n) is 3.00. The van der Waals surface area contributed by atoms with Crippen molar-refractivity contribution in [2.75, 3.05) is 19.5 Å². The minimum absolute atomic E-state index is 0.339. The summed E-state index contributed by atoms with van der Waals surface area (Å²) in [6, 6.07) is 1.83. The number of benzene rings is 1. The Kier molecular flexibility index (Phi) is 6.45. The molecule has 0 saturated heterocycles. The monoisotopic (exact) mass is 325 g/mol. The first-order chi connectivity index (χ1) is 9.77. The van der Waals surface area contributed by atoms with Gasteiger partial charge in [0.25, 0.3) is 5.91 Å². The predicted octanol–water partition coefficient (Wildman–Crippen LogP) is 4.33. The summed E-state index contributed by atoms with van der Waals surface area (Å²) in [6.45, 7) is 0.339. The van der Waals surface area contributed by atoms with Gasteiger partial charge >= 0.3 is 6.18 Å². The van der Waals surface area contributed by atoms with Crippen LogP contribution in [0.1, 0.15) is 35.2 Å². The molecular formula is C14H16ClF4NO. The number of nitrogens with zero attached hydrogens (tertiary/aromatic N) is 1. The van der Waals surface area contributed by atoms with Crippen LogP contribution in [0.25, 0.3) is 0 Å². The second-order valence-electron chi connectivity index (χ2n) is 4.67. The van der Waals surface area contributed by atoms with E-state index in [9.17, 15) is 22.4 Å². The van der Waals surface area contributed by atoms with Crippen molar-refractivity contribution in [1.29, 1.82) is 0 Å². The topological polar surface area (TPSA) is 20.3 Å². The van der Waals surface area contributed by atoms with Gasteiger partial charge in [0.15, 0.2) is 0 Å². The number of rotatable bonds is 6. The summed E-state index contributed by atoms with van der Waals surface area (Å²) >= 11 is 5.52. The zero-order chi connectivity index (χ0) is 16.0. The molecule has 118 valence electrons. The molecule has 21 heavy (non-hydrogen) atoms. The van der Waals surface area contributed by atoms with Crippen molar-refractivity contribution in [1.82, 2.24) is 4.90 Å². The number of amides is 1.